The summed E-state index contributed by atoms with van der Waals surface area (Å²) in [4.78, 5) is 2.74. The quantitative estimate of drug-likeness (QED) is 0.171. The van der Waals surface area contributed by atoms with Gasteiger partial charge in [0.05, 0.1) is 5.54 Å². The van der Waals surface area contributed by atoms with Gasteiger partial charge in [0.15, 0.2) is 0 Å². The summed E-state index contributed by atoms with van der Waals surface area (Å²) in [5, 5.41) is 18.7. The minimum atomic E-state index is -0.0367. The molecule has 63 heavy (non-hydrogen) atoms. The van der Waals surface area contributed by atoms with Crippen LogP contribution < -0.4 is 4.90 Å². The second-order valence-electron chi connectivity index (χ2n) is 19.0. The first-order valence-electron chi connectivity index (χ1n) is 22.9. The average molecular weight is 804 g/mol. The van der Waals surface area contributed by atoms with Crippen LogP contribution in [0.15, 0.2) is 188 Å². The summed E-state index contributed by atoms with van der Waals surface area (Å²) >= 11 is 0. The van der Waals surface area contributed by atoms with Gasteiger partial charge in [0, 0.05) is 22.2 Å². The van der Waals surface area contributed by atoms with Crippen molar-refractivity contribution in [2.75, 3.05) is 4.90 Å². The summed E-state index contributed by atoms with van der Waals surface area (Å²) in [5.41, 5.74) is 12.0. The van der Waals surface area contributed by atoms with Gasteiger partial charge in [0.1, 0.15) is 0 Å². The van der Waals surface area contributed by atoms with Gasteiger partial charge in [0.25, 0.3) is 0 Å². The van der Waals surface area contributed by atoms with Crippen molar-refractivity contribution in [2.24, 2.45) is 0 Å². The van der Waals surface area contributed by atoms with Crippen LogP contribution in [0.2, 0.25) is 0 Å². The molecule has 1 saturated carbocycles. The fourth-order valence-electron chi connectivity index (χ4n) is 13.1. The lowest BCUT2D eigenvalue weighted by atomic mass is 9.61. The maximum Gasteiger partial charge on any atom is 0.0518 e. The van der Waals surface area contributed by atoms with Crippen LogP contribution in [0.1, 0.15) is 45.1 Å². The zero-order valence-electron chi connectivity index (χ0n) is 35.7. The van der Waals surface area contributed by atoms with E-state index in [0.717, 1.165) is 0 Å². The van der Waals surface area contributed by atoms with E-state index in [2.05, 4.69) is 207 Å². The first kappa shape index (κ1) is 35.4. The molecule has 1 fully saturated rings. The van der Waals surface area contributed by atoms with Crippen molar-refractivity contribution in [3.8, 4) is 33.4 Å². The van der Waals surface area contributed by atoms with Crippen molar-refractivity contribution in [2.45, 2.75) is 50.5 Å². The van der Waals surface area contributed by atoms with Gasteiger partial charge in [-0.15, -0.1) is 0 Å². The van der Waals surface area contributed by atoms with Gasteiger partial charge in [0.2, 0.25) is 0 Å². The number of rotatable bonds is 4. The minimum Gasteiger partial charge on any atom is -0.334 e. The van der Waals surface area contributed by atoms with Crippen LogP contribution in [0.3, 0.4) is 0 Å². The number of hydrogen-bond acceptors (Lipinski definition) is 1. The zero-order chi connectivity index (χ0) is 41.6. The van der Waals surface area contributed by atoms with Crippen molar-refractivity contribution in [1.29, 1.82) is 0 Å². The van der Waals surface area contributed by atoms with Crippen molar-refractivity contribution in [1.82, 2.24) is 0 Å². The van der Waals surface area contributed by atoms with E-state index in [9.17, 15) is 0 Å². The Bertz CT molecular complexity index is 3690. The van der Waals surface area contributed by atoms with Crippen LogP contribution in [0.4, 0.5) is 11.4 Å². The van der Waals surface area contributed by atoms with E-state index in [1.165, 1.54) is 151 Å². The van der Waals surface area contributed by atoms with E-state index in [4.69, 9.17) is 0 Å². The Kier molecular flexibility index (Phi) is 7.12. The van der Waals surface area contributed by atoms with Crippen molar-refractivity contribution >= 4 is 86.8 Å². The van der Waals surface area contributed by atoms with Crippen LogP contribution in [0, 0.1) is 0 Å². The largest absolute Gasteiger partial charge is 0.334 e. The van der Waals surface area contributed by atoms with Gasteiger partial charge in [-0.05, 0) is 147 Å². The summed E-state index contributed by atoms with van der Waals surface area (Å²) in [7, 11) is 0. The highest BCUT2D eigenvalue weighted by Gasteiger charge is 2.57. The van der Waals surface area contributed by atoms with E-state index in [-0.39, 0.29) is 11.0 Å². The lowest BCUT2D eigenvalue weighted by Gasteiger charge is -2.50. The molecule has 2 unspecified atom stereocenters. The average Bonchev–Trinajstić information content (AvgIpc) is 3.92. The predicted molar refractivity (Wildman–Crippen MR) is 270 cm³/mol. The van der Waals surface area contributed by atoms with Gasteiger partial charge in [-0.1, -0.05) is 190 Å². The van der Waals surface area contributed by atoms with E-state index in [0.29, 0.717) is 0 Å². The molecule has 0 spiro atoms. The molecule has 2 atom stereocenters. The second kappa shape index (κ2) is 12.7. The van der Waals surface area contributed by atoms with Crippen LogP contribution in [0.25, 0.3) is 109 Å². The van der Waals surface area contributed by atoms with E-state index in [1.807, 2.05) is 0 Å². The summed E-state index contributed by atoms with van der Waals surface area (Å²) in [6.07, 6.45) is 4.87. The molecule has 0 aromatic heterocycles. The van der Waals surface area contributed by atoms with Crippen LogP contribution in [-0.4, -0.2) is 5.54 Å². The highest BCUT2D eigenvalue weighted by Crippen LogP contribution is 2.62. The first-order valence-corrected chi connectivity index (χ1v) is 22.9. The van der Waals surface area contributed by atoms with Crippen molar-refractivity contribution in [3.05, 3.63) is 194 Å². The molecule has 0 bridgehead atoms. The molecule has 298 valence electrons. The lowest BCUT2D eigenvalue weighted by molar-refractivity contribution is 0.195. The monoisotopic (exact) mass is 803 g/mol. The number of anilines is 2. The van der Waals surface area contributed by atoms with Crippen molar-refractivity contribution in [3.63, 3.8) is 0 Å². The third kappa shape index (κ3) is 4.52. The molecule has 1 heterocycles. The predicted octanol–water partition coefficient (Wildman–Crippen LogP) is 17.4. The molecule has 2 aliphatic rings. The molecule has 0 saturated heterocycles. The third-order valence-corrected chi connectivity index (χ3v) is 16.1. The second-order valence-corrected chi connectivity index (χ2v) is 19.0. The van der Waals surface area contributed by atoms with Crippen molar-refractivity contribution < 1.29 is 0 Å². The first-order chi connectivity index (χ1) is 31.0. The normalized spacial score (nSPS) is 18.8. The maximum atomic E-state index is 2.74. The standard InChI is InChI=1S/C62H45N/c1-61-35-11-12-36-62(61,2)63(51-30-15-22-38-17-9-10-25-44(38)51)52-34-31-42(37-50(52)61)43-32-33-49-56-45(43)26-16-29-48(56)59-54(40-18-5-3-6-19-40)57-46-27-13-23-39-24-14-28-47(53(39)46)58(57)55(60(49)59)41-20-7-4-8-21-41/h3-10,13-34,37H,11-12,35-36H2,1-2H3. The fraction of sp³-hybridized carbons (Fsp3) is 0.129. The van der Waals surface area contributed by atoms with Gasteiger partial charge in [-0.25, -0.2) is 0 Å². The number of benzene rings is 10. The summed E-state index contributed by atoms with van der Waals surface area (Å²) in [6, 6.07) is 71.4. The Morgan fingerprint density at radius 3 is 1.59 bits per heavy atom. The Morgan fingerprint density at radius 1 is 0.365 bits per heavy atom. The van der Waals surface area contributed by atoms with E-state index in [1.54, 1.807) is 0 Å². The lowest BCUT2D eigenvalue weighted by Crippen LogP contribution is -2.54. The molecular weight excluding hydrogens is 759 g/mol. The van der Waals surface area contributed by atoms with Gasteiger partial charge >= 0.3 is 0 Å². The Morgan fingerprint density at radius 2 is 0.889 bits per heavy atom. The molecule has 1 heteroatoms. The Hall–Kier alpha value is -7.22. The molecule has 14 rings (SSSR count). The van der Waals surface area contributed by atoms with Gasteiger partial charge in [-0.2, -0.15) is 0 Å². The molecule has 12 aromatic rings. The maximum absolute atomic E-state index is 2.74. The molecule has 1 aliphatic heterocycles. The van der Waals surface area contributed by atoms with Crippen LogP contribution in [-0.2, 0) is 5.41 Å². The minimum absolute atomic E-state index is 0.00746. The smallest absolute Gasteiger partial charge is 0.0518 e. The molecule has 12 aromatic carbocycles. The SMILES string of the molecule is CC12CCCCC1(C)N(c1cccc3ccccc13)c1ccc(-c3ccc4c5c(-c6ccccc6)c6c7cccc8cccc(c6c(-c6ccccc6)c5c5cccc3c54)c87)cc12. The summed E-state index contributed by atoms with van der Waals surface area (Å²) in [5.74, 6) is 0. The molecule has 0 N–H and O–H groups in total. The fourth-order valence-corrected chi connectivity index (χ4v) is 13.1. The Labute approximate surface area is 367 Å². The van der Waals surface area contributed by atoms with Crippen LogP contribution in [0.5, 0.6) is 0 Å². The molecule has 1 nitrogen and oxygen atoms in total. The number of fused-ring (bicyclic) bond motifs is 10. The Balaban J connectivity index is 1.08. The van der Waals surface area contributed by atoms with E-state index < -0.39 is 0 Å². The summed E-state index contributed by atoms with van der Waals surface area (Å²) < 4.78 is 0. The number of nitrogens with zero attached hydrogens (tertiary/aromatic N) is 1. The van der Waals surface area contributed by atoms with Crippen LogP contribution >= 0.6 is 0 Å². The molecule has 0 radical (unpaired) electrons. The summed E-state index contributed by atoms with van der Waals surface area (Å²) in [6.45, 7) is 5.12. The zero-order valence-corrected chi connectivity index (χ0v) is 35.7. The number of hydrogen-bond donors (Lipinski definition) is 0. The highest BCUT2D eigenvalue weighted by molar-refractivity contribution is 6.46. The third-order valence-electron chi connectivity index (χ3n) is 16.1. The topological polar surface area (TPSA) is 3.24 Å². The molecule has 1 aliphatic carbocycles. The highest BCUT2D eigenvalue weighted by atomic mass is 15.3. The van der Waals surface area contributed by atoms with Gasteiger partial charge < -0.3 is 4.90 Å². The van der Waals surface area contributed by atoms with E-state index >= 15 is 0 Å². The molecular formula is C62H45N. The molecule has 0 amide bonds. The van der Waals surface area contributed by atoms with Gasteiger partial charge in [-0.3, -0.25) is 0 Å².